The van der Waals surface area contributed by atoms with Gasteiger partial charge < -0.3 is 18.3 Å². The summed E-state index contributed by atoms with van der Waals surface area (Å²) in [5.74, 6) is 0. The van der Waals surface area contributed by atoms with Crippen molar-refractivity contribution in [3.63, 3.8) is 0 Å². The van der Waals surface area contributed by atoms with Crippen LogP contribution in [0.4, 0.5) is 0 Å². The van der Waals surface area contributed by atoms with Crippen molar-refractivity contribution < 1.29 is 0 Å². The van der Waals surface area contributed by atoms with Crippen LogP contribution in [-0.4, -0.2) is 18.3 Å². The van der Waals surface area contributed by atoms with Gasteiger partial charge in [0.25, 0.3) is 0 Å². The number of aryl methyl sites for hydroxylation is 1. The lowest BCUT2D eigenvalue weighted by Crippen LogP contribution is -2.14. The summed E-state index contributed by atoms with van der Waals surface area (Å²) >= 11 is 0. The lowest BCUT2D eigenvalue weighted by Gasteiger charge is -2.26. The van der Waals surface area contributed by atoms with E-state index in [0.29, 0.717) is 28.2 Å². The molecule has 4 heterocycles. The van der Waals surface area contributed by atoms with Gasteiger partial charge in [-0.25, -0.2) is 0 Å². The van der Waals surface area contributed by atoms with E-state index in [4.69, 9.17) is 0 Å². The van der Waals surface area contributed by atoms with E-state index < -0.39 is 0 Å². The molecule has 0 aliphatic heterocycles. The van der Waals surface area contributed by atoms with Crippen molar-refractivity contribution in [1.82, 2.24) is 18.3 Å². The van der Waals surface area contributed by atoms with E-state index in [1.807, 2.05) is 0 Å². The van der Waals surface area contributed by atoms with Crippen LogP contribution in [0.1, 0.15) is 16.7 Å². The van der Waals surface area contributed by atoms with Crippen molar-refractivity contribution in [3.05, 3.63) is 241 Å². The molecule has 0 spiro atoms. The maximum atomic E-state index is 12.4. The Kier molecular flexibility index (Phi) is 8.61. The molecule has 6 heteroatoms. The molecule has 0 saturated carbocycles. The van der Waals surface area contributed by atoms with E-state index in [1.54, 1.807) is 0 Å². The van der Waals surface area contributed by atoms with Gasteiger partial charge >= 0.3 is 0 Å². The molecule has 0 atom stereocenters. The van der Waals surface area contributed by atoms with Gasteiger partial charge in [-0.1, -0.05) is 169 Å². The summed E-state index contributed by atoms with van der Waals surface area (Å²) in [5, 5.41) is 35.6. The first-order valence-corrected chi connectivity index (χ1v) is 24.6. The van der Waals surface area contributed by atoms with Crippen LogP contribution in [0, 0.1) is 29.6 Å². The van der Waals surface area contributed by atoms with Gasteiger partial charge in [0.05, 0.1) is 61.2 Å². The number of para-hydroxylation sites is 6. The second kappa shape index (κ2) is 15.4. The molecule has 15 aromatic rings. The van der Waals surface area contributed by atoms with E-state index in [1.165, 1.54) is 0 Å². The third kappa shape index (κ3) is 5.61. The molecule has 73 heavy (non-hydrogen) atoms. The SMILES string of the molecule is Cc1ccc(-c2c(-n3c4ccccc4c4ccccc43)c(C#N)c(-n3c4cc5ccccc5cc4c4c3ccc3c5ccccc5n(-c5ccccc5)c34)c(C#N)c2-n2c3ccccc3c3ccccc32)cc1. The Bertz CT molecular complexity index is 4670. The van der Waals surface area contributed by atoms with E-state index in [9.17, 15) is 10.5 Å². The van der Waals surface area contributed by atoms with Gasteiger partial charge in [-0.2, -0.15) is 10.5 Å². The molecule has 338 valence electrons. The molecule has 0 radical (unpaired) electrons. The number of nitriles is 2. The Labute approximate surface area is 418 Å². The van der Waals surface area contributed by atoms with Crippen molar-refractivity contribution in [1.29, 1.82) is 10.5 Å². The number of aromatic nitrogens is 4. The monoisotopic (exact) mass is 928 g/mol. The molecule has 0 N–H and O–H groups in total. The van der Waals surface area contributed by atoms with Crippen LogP contribution in [-0.2, 0) is 0 Å². The summed E-state index contributed by atoms with van der Waals surface area (Å²) < 4.78 is 9.20. The molecular weight excluding hydrogens is 889 g/mol. The number of fused-ring (bicyclic) bond motifs is 14. The molecule has 0 aliphatic carbocycles. The van der Waals surface area contributed by atoms with Crippen LogP contribution in [0.25, 0.3) is 132 Å². The standard InChI is InChI=1S/C67H40N6/c1-41-31-33-42(34-32-41)62-66(71-56-27-13-7-21-46(56)47-22-8-14-28-57(47)71)53(39-68)64(54(40-69)67(62)72-58-29-15-9-23-48(58)49-24-10-16-30-59(49)72)73-60-36-35-51-50-25-11-12-26-55(50)70(45-19-3-2-4-20-45)65(51)63(60)52-37-43-17-5-6-18-44(43)38-61(52)73/h2-38H,1H3. The highest BCUT2D eigenvalue weighted by molar-refractivity contribution is 6.28. The van der Waals surface area contributed by atoms with E-state index in [2.05, 4.69) is 262 Å². The topological polar surface area (TPSA) is 67.3 Å². The van der Waals surface area contributed by atoms with Gasteiger partial charge in [0.15, 0.2) is 0 Å². The first-order chi connectivity index (χ1) is 36.1. The zero-order valence-corrected chi connectivity index (χ0v) is 39.5. The van der Waals surface area contributed by atoms with Crippen molar-refractivity contribution in [2.45, 2.75) is 6.92 Å². The summed E-state index contributed by atoms with van der Waals surface area (Å²) in [6.45, 7) is 2.09. The number of hydrogen-bond acceptors (Lipinski definition) is 2. The van der Waals surface area contributed by atoms with Crippen molar-refractivity contribution in [2.75, 3.05) is 0 Å². The molecule has 0 aliphatic rings. The van der Waals surface area contributed by atoms with Gasteiger partial charge in [-0.3, -0.25) is 0 Å². The predicted octanol–water partition coefficient (Wildman–Crippen LogP) is 16.9. The zero-order valence-electron chi connectivity index (χ0n) is 39.5. The van der Waals surface area contributed by atoms with Gasteiger partial charge in [-0.15, -0.1) is 0 Å². The lowest BCUT2D eigenvalue weighted by atomic mass is 9.91. The molecule has 6 nitrogen and oxygen atoms in total. The predicted molar refractivity (Wildman–Crippen MR) is 301 cm³/mol. The van der Waals surface area contributed by atoms with Crippen LogP contribution in [0.5, 0.6) is 0 Å². The second-order valence-electron chi connectivity index (χ2n) is 19.1. The van der Waals surface area contributed by atoms with Gasteiger partial charge in [0.2, 0.25) is 0 Å². The number of rotatable bonds is 5. The number of benzene rings is 11. The molecule has 0 unspecified atom stereocenters. The molecule has 0 saturated heterocycles. The van der Waals surface area contributed by atoms with Crippen LogP contribution >= 0.6 is 0 Å². The van der Waals surface area contributed by atoms with E-state index in [-0.39, 0.29) is 0 Å². The Balaban J connectivity index is 1.25. The highest BCUT2D eigenvalue weighted by Gasteiger charge is 2.34. The molecule has 0 fully saturated rings. The molecule has 0 bridgehead atoms. The van der Waals surface area contributed by atoms with Crippen LogP contribution in [0.15, 0.2) is 224 Å². The third-order valence-corrected chi connectivity index (χ3v) is 15.3. The molecular formula is C67H40N6. The maximum absolute atomic E-state index is 12.4. The highest BCUT2D eigenvalue weighted by atomic mass is 15.1. The van der Waals surface area contributed by atoms with Crippen molar-refractivity contribution >= 4 is 98.0 Å². The smallest absolute Gasteiger partial charge is 0.104 e. The fourth-order valence-corrected chi connectivity index (χ4v) is 12.2. The van der Waals surface area contributed by atoms with Crippen LogP contribution < -0.4 is 0 Å². The van der Waals surface area contributed by atoms with Gasteiger partial charge in [0, 0.05) is 54.3 Å². The summed E-state index contributed by atoms with van der Waals surface area (Å²) in [5.41, 5.74) is 14.3. The summed E-state index contributed by atoms with van der Waals surface area (Å²) in [6, 6.07) is 84.8. The molecule has 11 aromatic carbocycles. The van der Waals surface area contributed by atoms with Crippen LogP contribution in [0.3, 0.4) is 0 Å². The Hall–Kier alpha value is -10.1. The molecule has 0 amide bonds. The highest BCUT2D eigenvalue weighted by Crippen LogP contribution is 2.50. The van der Waals surface area contributed by atoms with E-state index in [0.717, 1.165) is 120 Å². The van der Waals surface area contributed by atoms with Crippen molar-refractivity contribution in [3.8, 4) is 46.0 Å². The Morgan fingerprint density at radius 2 is 0.753 bits per heavy atom. The normalized spacial score (nSPS) is 11.9. The second-order valence-corrected chi connectivity index (χ2v) is 19.1. The quantitative estimate of drug-likeness (QED) is 0.173. The minimum atomic E-state index is 0.388. The largest absolute Gasteiger partial charge is 0.309 e. The first kappa shape index (κ1) is 40.7. The minimum absolute atomic E-state index is 0.388. The zero-order chi connectivity index (χ0) is 48.5. The van der Waals surface area contributed by atoms with Crippen molar-refractivity contribution in [2.24, 2.45) is 0 Å². The fourth-order valence-electron chi connectivity index (χ4n) is 12.2. The first-order valence-electron chi connectivity index (χ1n) is 24.6. The Morgan fingerprint density at radius 1 is 0.329 bits per heavy atom. The average Bonchev–Trinajstić information content (AvgIpc) is 4.19. The van der Waals surface area contributed by atoms with Gasteiger partial charge in [0.1, 0.15) is 23.3 Å². The summed E-state index contributed by atoms with van der Waals surface area (Å²) in [6.07, 6.45) is 0. The summed E-state index contributed by atoms with van der Waals surface area (Å²) in [7, 11) is 0. The minimum Gasteiger partial charge on any atom is -0.309 e. The maximum Gasteiger partial charge on any atom is 0.104 e. The average molecular weight is 929 g/mol. The van der Waals surface area contributed by atoms with Gasteiger partial charge in [-0.05, 0) is 83.9 Å². The fraction of sp³-hybridized carbons (Fsp3) is 0.0149. The van der Waals surface area contributed by atoms with E-state index >= 15 is 0 Å². The molecule has 15 rings (SSSR count). The molecule has 4 aromatic heterocycles. The third-order valence-electron chi connectivity index (χ3n) is 15.3. The number of hydrogen-bond donors (Lipinski definition) is 0. The Morgan fingerprint density at radius 3 is 1.26 bits per heavy atom. The number of nitrogens with zero attached hydrogens (tertiary/aromatic N) is 6. The summed E-state index contributed by atoms with van der Waals surface area (Å²) in [4.78, 5) is 0. The van der Waals surface area contributed by atoms with Crippen LogP contribution in [0.2, 0.25) is 0 Å². The lowest BCUT2D eigenvalue weighted by molar-refractivity contribution is 1.08.